The van der Waals surface area contributed by atoms with Gasteiger partial charge in [-0.1, -0.05) is 46.1 Å². The van der Waals surface area contributed by atoms with E-state index in [1.807, 2.05) is 0 Å². The molecule has 0 fully saturated rings. The number of carbonyl (C=O) groups excluding carboxylic acids is 2. The Hall–Kier alpha value is 0.420. The van der Waals surface area contributed by atoms with Crippen LogP contribution in [-0.4, -0.2) is 11.9 Å². The summed E-state index contributed by atoms with van der Waals surface area (Å²) in [6.07, 6.45) is 6.22. The fourth-order valence-electron chi connectivity index (χ4n) is 1.97. The summed E-state index contributed by atoms with van der Waals surface area (Å²) < 4.78 is 0. The number of hydrogen-bond acceptors (Lipinski definition) is 4. The average molecular weight is 326 g/mol. The Morgan fingerprint density at radius 3 is 2.00 bits per heavy atom. The molecule has 0 aromatic heterocycles. The SMILES string of the molecule is CC(=C\C(=O)[O-])/C(=C\CC(C)CCCC(C)C)C(=O)[O-].[Na+].[Na+]. The zero-order chi connectivity index (χ0) is 15.7. The van der Waals surface area contributed by atoms with Crippen LogP contribution in [0.2, 0.25) is 0 Å². The van der Waals surface area contributed by atoms with Gasteiger partial charge in [0.25, 0.3) is 0 Å². The normalized spacial score (nSPS) is 13.1. The number of carboxylic acids is 2. The summed E-state index contributed by atoms with van der Waals surface area (Å²) in [6, 6.07) is 0. The molecule has 0 aliphatic rings. The molecule has 4 nitrogen and oxygen atoms in total. The van der Waals surface area contributed by atoms with Gasteiger partial charge in [-0.3, -0.25) is 0 Å². The summed E-state index contributed by atoms with van der Waals surface area (Å²) in [6.45, 7) is 7.84. The summed E-state index contributed by atoms with van der Waals surface area (Å²) in [4.78, 5) is 21.5. The number of aliphatic carboxylic acids is 2. The Bertz CT molecular complexity index is 401. The van der Waals surface area contributed by atoms with E-state index in [0.717, 1.165) is 25.3 Å². The molecule has 114 valence electrons. The van der Waals surface area contributed by atoms with Crippen LogP contribution in [0.15, 0.2) is 23.3 Å². The van der Waals surface area contributed by atoms with Gasteiger partial charge in [0.1, 0.15) is 0 Å². The zero-order valence-corrected chi connectivity index (χ0v) is 18.8. The summed E-state index contributed by atoms with van der Waals surface area (Å²) in [5.74, 6) is -1.72. The summed E-state index contributed by atoms with van der Waals surface area (Å²) in [5, 5.41) is 21.5. The van der Waals surface area contributed by atoms with E-state index in [0.29, 0.717) is 18.3 Å². The van der Waals surface area contributed by atoms with Crippen LogP contribution < -0.4 is 69.3 Å². The van der Waals surface area contributed by atoms with Gasteiger partial charge in [0.05, 0.1) is 11.9 Å². The predicted molar refractivity (Wildman–Crippen MR) is 74.3 cm³/mol. The van der Waals surface area contributed by atoms with E-state index in [-0.39, 0.29) is 70.3 Å². The number of allylic oxidation sites excluding steroid dienone is 1. The second kappa shape index (κ2) is 15.0. The monoisotopic (exact) mass is 326 g/mol. The van der Waals surface area contributed by atoms with Crippen molar-refractivity contribution in [3.05, 3.63) is 23.3 Å². The van der Waals surface area contributed by atoms with Crippen molar-refractivity contribution in [3.8, 4) is 0 Å². The molecule has 22 heavy (non-hydrogen) atoms. The van der Waals surface area contributed by atoms with Gasteiger partial charge >= 0.3 is 59.1 Å². The van der Waals surface area contributed by atoms with Crippen LogP contribution in [0, 0.1) is 11.8 Å². The van der Waals surface area contributed by atoms with Gasteiger partial charge in [-0.15, -0.1) is 0 Å². The Morgan fingerprint density at radius 2 is 1.59 bits per heavy atom. The van der Waals surface area contributed by atoms with E-state index < -0.39 is 11.9 Å². The third-order valence-electron chi connectivity index (χ3n) is 3.18. The van der Waals surface area contributed by atoms with E-state index in [4.69, 9.17) is 0 Å². The molecule has 0 aromatic carbocycles. The van der Waals surface area contributed by atoms with E-state index in [2.05, 4.69) is 20.8 Å². The molecule has 1 atom stereocenters. The van der Waals surface area contributed by atoms with Crippen LogP contribution in [0.3, 0.4) is 0 Å². The molecule has 0 saturated heterocycles. The van der Waals surface area contributed by atoms with E-state index in [1.54, 1.807) is 6.08 Å². The first kappa shape index (κ1) is 27.3. The molecule has 0 bridgehead atoms. The van der Waals surface area contributed by atoms with Crippen LogP contribution in [0.4, 0.5) is 0 Å². The van der Waals surface area contributed by atoms with Crippen molar-refractivity contribution >= 4 is 11.9 Å². The molecule has 0 aromatic rings. The van der Waals surface area contributed by atoms with Gasteiger partial charge in [0.15, 0.2) is 0 Å². The van der Waals surface area contributed by atoms with Gasteiger partial charge in [0, 0.05) is 0 Å². The molecule has 0 amide bonds. The molecule has 0 rings (SSSR count). The molecule has 1 unspecified atom stereocenters. The predicted octanol–water partition coefficient (Wildman–Crippen LogP) is -4.78. The molecule has 0 heterocycles. The number of rotatable bonds is 9. The van der Waals surface area contributed by atoms with Gasteiger partial charge in [-0.05, 0) is 42.4 Å². The van der Waals surface area contributed by atoms with Crippen LogP contribution in [-0.2, 0) is 9.59 Å². The van der Waals surface area contributed by atoms with E-state index in [1.165, 1.54) is 6.92 Å². The molecule has 6 heteroatoms. The first-order valence-corrected chi connectivity index (χ1v) is 7.05. The maximum absolute atomic E-state index is 11.0. The Balaban J connectivity index is -0.00000180. The average Bonchev–Trinajstić information content (AvgIpc) is 2.26. The first-order chi connectivity index (χ1) is 9.23. The van der Waals surface area contributed by atoms with Crippen LogP contribution in [0.5, 0.6) is 0 Å². The molecular formula is C16H24Na2O4. The van der Waals surface area contributed by atoms with E-state index >= 15 is 0 Å². The molecule has 0 saturated carbocycles. The fourth-order valence-corrected chi connectivity index (χ4v) is 1.97. The summed E-state index contributed by atoms with van der Waals surface area (Å²) in [5.41, 5.74) is 0.0873. The minimum Gasteiger partial charge on any atom is -0.545 e. The van der Waals surface area contributed by atoms with Crippen molar-refractivity contribution in [2.24, 2.45) is 11.8 Å². The largest absolute Gasteiger partial charge is 1.00 e. The van der Waals surface area contributed by atoms with Gasteiger partial charge in [-0.25, -0.2) is 0 Å². The van der Waals surface area contributed by atoms with Crippen molar-refractivity contribution in [2.75, 3.05) is 0 Å². The fraction of sp³-hybridized carbons (Fsp3) is 0.625. The van der Waals surface area contributed by atoms with Gasteiger partial charge in [-0.2, -0.15) is 0 Å². The number of carboxylic acid groups (broad SMARTS) is 2. The second-order valence-electron chi connectivity index (χ2n) is 5.72. The summed E-state index contributed by atoms with van der Waals surface area (Å²) >= 11 is 0. The van der Waals surface area contributed by atoms with Crippen molar-refractivity contribution in [1.29, 1.82) is 0 Å². The molecule has 0 aliphatic carbocycles. The smallest absolute Gasteiger partial charge is 0.545 e. The minimum atomic E-state index is -1.40. The molecule has 0 N–H and O–H groups in total. The molecule has 0 aliphatic heterocycles. The third-order valence-corrected chi connectivity index (χ3v) is 3.18. The topological polar surface area (TPSA) is 80.3 Å². The standard InChI is InChI=1S/C16H26O4.2Na/c1-11(2)6-5-7-12(3)8-9-14(16(19)20)13(4)10-15(17)18;;/h9-12H,5-8H2,1-4H3,(H,17,18)(H,19,20);;/q;2*+1/p-2/b13-10+,14-9+;;. The molecule has 0 radical (unpaired) electrons. The quantitative estimate of drug-likeness (QED) is 0.242. The molecule has 0 spiro atoms. The minimum absolute atomic E-state index is 0. The van der Waals surface area contributed by atoms with E-state index in [9.17, 15) is 19.8 Å². The van der Waals surface area contributed by atoms with Crippen LogP contribution >= 0.6 is 0 Å². The summed E-state index contributed by atoms with van der Waals surface area (Å²) in [7, 11) is 0. The van der Waals surface area contributed by atoms with Gasteiger partial charge in [0.2, 0.25) is 0 Å². The maximum Gasteiger partial charge on any atom is 1.00 e. The van der Waals surface area contributed by atoms with Crippen molar-refractivity contribution < 1.29 is 78.9 Å². The third kappa shape index (κ3) is 14.0. The van der Waals surface area contributed by atoms with Crippen molar-refractivity contribution in [1.82, 2.24) is 0 Å². The van der Waals surface area contributed by atoms with Gasteiger partial charge < -0.3 is 19.8 Å². The number of hydrogen-bond donors (Lipinski definition) is 0. The van der Waals surface area contributed by atoms with Crippen molar-refractivity contribution in [3.63, 3.8) is 0 Å². The second-order valence-corrected chi connectivity index (χ2v) is 5.72. The first-order valence-electron chi connectivity index (χ1n) is 7.05. The Kier molecular flexibility index (Phi) is 18.6. The van der Waals surface area contributed by atoms with Crippen LogP contribution in [0.1, 0.15) is 53.4 Å². The number of carbonyl (C=O) groups is 2. The zero-order valence-electron chi connectivity index (χ0n) is 14.8. The van der Waals surface area contributed by atoms with Crippen LogP contribution in [0.25, 0.3) is 0 Å². The Labute approximate surface area is 178 Å². The van der Waals surface area contributed by atoms with Crippen molar-refractivity contribution in [2.45, 2.75) is 53.4 Å². The molecular weight excluding hydrogens is 302 g/mol. The maximum atomic E-state index is 11.0. The Morgan fingerprint density at radius 1 is 1.05 bits per heavy atom.